The molecule has 0 spiro atoms. The third kappa shape index (κ3) is 7.61. The number of aliphatic hydroxyl groups is 1. The lowest BCUT2D eigenvalue weighted by Gasteiger charge is -2.22. The van der Waals surface area contributed by atoms with E-state index in [1.54, 1.807) is 0 Å². The average Bonchev–Trinajstić information content (AvgIpc) is 3.19. The van der Waals surface area contributed by atoms with Crippen LogP contribution in [0.5, 0.6) is 0 Å². The van der Waals surface area contributed by atoms with Crippen molar-refractivity contribution in [3.05, 3.63) is 89.0 Å². The van der Waals surface area contributed by atoms with Gasteiger partial charge < -0.3 is 20.6 Å². The van der Waals surface area contributed by atoms with Gasteiger partial charge in [0.05, 0.1) is 42.0 Å². The van der Waals surface area contributed by atoms with Gasteiger partial charge in [0.15, 0.2) is 0 Å². The quantitative estimate of drug-likeness (QED) is 0.308. The van der Waals surface area contributed by atoms with E-state index < -0.39 is 42.9 Å². The van der Waals surface area contributed by atoms with Crippen molar-refractivity contribution in [2.75, 3.05) is 7.05 Å². The second-order valence-corrected chi connectivity index (χ2v) is 8.15. The number of benzene rings is 2. The summed E-state index contributed by atoms with van der Waals surface area (Å²) in [6, 6.07) is 12.1. The number of ether oxygens (including phenoxy) is 1. The van der Waals surface area contributed by atoms with E-state index in [-0.39, 0.29) is 30.3 Å². The number of likely N-dealkylation sites (N-methyl/N-ethyl adjacent to an activating group) is 1. The molecule has 2 unspecified atom stereocenters. The van der Waals surface area contributed by atoms with Crippen molar-refractivity contribution < 1.29 is 31.8 Å². The number of hydrogen-bond donors (Lipinski definition) is 3. The summed E-state index contributed by atoms with van der Waals surface area (Å²) in [7, 11) is 1.49. The van der Waals surface area contributed by atoms with Crippen LogP contribution in [0.25, 0.3) is 0 Å². The SMILES string of the molecule is CN1NC(CC(F)F)C=C1C(O)C(C=C(N)C(F)F)=Nc1ccc(F)cc1COCc1ccccc1. The summed E-state index contributed by atoms with van der Waals surface area (Å²) in [4.78, 5) is 4.30. The topological polar surface area (TPSA) is 83.1 Å². The van der Waals surface area contributed by atoms with Crippen LogP contribution < -0.4 is 11.2 Å². The minimum absolute atomic E-state index is 0.0521. The third-order valence-corrected chi connectivity index (χ3v) is 5.34. The summed E-state index contributed by atoms with van der Waals surface area (Å²) in [5.74, 6) is -0.561. The fourth-order valence-corrected chi connectivity index (χ4v) is 3.59. The highest BCUT2D eigenvalue weighted by atomic mass is 19.3. The maximum absolute atomic E-state index is 14.0. The highest BCUT2D eigenvalue weighted by molar-refractivity contribution is 6.02. The van der Waals surface area contributed by atoms with Gasteiger partial charge in [0.2, 0.25) is 6.43 Å². The number of nitrogens with one attached hydrogen (secondary N) is 1. The van der Waals surface area contributed by atoms with Crippen LogP contribution in [-0.2, 0) is 18.0 Å². The molecule has 2 aromatic carbocycles. The third-order valence-electron chi connectivity index (χ3n) is 5.34. The van der Waals surface area contributed by atoms with Gasteiger partial charge in [0.1, 0.15) is 11.9 Å². The van der Waals surface area contributed by atoms with E-state index in [1.807, 2.05) is 30.3 Å². The van der Waals surface area contributed by atoms with E-state index in [2.05, 4.69) is 10.4 Å². The Bertz CT molecular complexity index is 1110. The lowest BCUT2D eigenvalue weighted by molar-refractivity contribution is 0.107. The maximum atomic E-state index is 14.0. The van der Waals surface area contributed by atoms with Crippen LogP contribution in [0.1, 0.15) is 17.5 Å². The summed E-state index contributed by atoms with van der Waals surface area (Å²) >= 11 is 0. The summed E-state index contributed by atoms with van der Waals surface area (Å²) in [5, 5.41) is 12.3. The molecule has 3 rings (SSSR count). The van der Waals surface area contributed by atoms with E-state index in [0.717, 1.165) is 17.7 Å². The Labute approximate surface area is 205 Å². The fourth-order valence-electron chi connectivity index (χ4n) is 3.59. The number of halogens is 5. The molecule has 11 heteroatoms. The van der Waals surface area contributed by atoms with Crippen LogP contribution in [0.2, 0.25) is 0 Å². The number of hydrazine groups is 1. The Morgan fingerprint density at radius 2 is 1.89 bits per heavy atom. The minimum Gasteiger partial charge on any atom is -0.397 e. The molecule has 1 aliphatic heterocycles. The number of aliphatic hydroxyl groups excluding tert-OH is 1. The summed E-state index contributed by atoms with van der Waals surface area (Å²) in [6.45, 7) is 0.187. The van der Waals surface area contributed by atoms with Gasteiger partial charge >= 0.3 is 0 Å². The molecule has 0 amide bonds. The molecule has 0 saturated carbocycles. The molecule has 2 aromatic rings. The van der Waals surface area contributed by atoms with Crippen molar-refractivity contribution in [2.24, 2.45) is 10.7 Å². The van der Waals surface area contributed by atoms with E-state index in [9.17, 15) is 27.1 Å². The standard InChI is InChI=1S/C25H27F5N4O2/c1-34-22(10-18(33-34)11-23(27)28)24(35)21(12-19(31)25(29)30)32-20-8-7-17(26)9-16(20)14-36-13-15-5-3-2-4-6-15/h2-10,12,18,23-25,33,35H,11,13-14,31H2,1H3. The molecule has 0 fully saturated rings. The first kappa shape index (κ1) is 27.3. The van der Waals surface area contributed by atoms with E-state index in [0.29, 0.717) is 5.56 Å². The monoisotopic (exact) mass is 510 g/mol. The van der Waals surface area contributed by atoms with Crippen molar-refractivity contribution in [1.82, 2.24) is 10.4 Å². The second-order valence-electron chi connectivity index (χ2n) is 8.15. The van der Waals surface area contributed by atoms with Crippen molar-refractivity contribution >= 4 is 11.4 Å². The van der Waals surface area contributed by atoms with Crippen LogP contribution >= 0.6 is 0 Å². The molecule has 0 aromatic heterocycles. The number of alkyl halides is 4. The Morgan fingerprint density at radius 1 is 1.17 bits per heavy atom. The van der Waals surface area contributed by atoms with Crippen molar-refractivity contribution in [3.63, 3.8) is 0 Å². The van der Waals surface area contributed by atoms with Gasteiger partial charge in [-0.2, -0.15) is 0 Å². The summed E-state index contributed by atoms with van der Waals surface area (Å²) in [5.41, 5.74) is 8.54. The van der Waals surface area contributed by atoms with Gasteiger partial charge in [0, 0.05) is 19.0 Å². The summed E-state index contributed by atoms with van der Waals surface area (Å²) < 4.78 is 71.7. The van der Waals surface area contributed by atoms with Crippen LogP contribution in [0.3, 0.4) is 0 Å². The highest BCUT2D eigenvalue weighted by Gasteiger charge is 2.29. The number of hydrogen-bond acceptors (Lipinski definition) is 6. The molecule has 6 nitrogen and oxygen atoms in total. The lowest BCUT2D eigenvalue weighted by Crippen LogP contribution is -2.38. The zero-order chi connectivity index (χ0) is 26.2. The number of nitrogens with two attached hydrogens (primary N) is 1. The Morgan fingerprint density at radius 3 is 2.56 bits per heavy atom. The van der Waals surface area contributed by atoms with E-state index >= 15 is 0 Å². The Balaban J connectivity index is 1.92. The smallest absolute Gasteiger partial charge is 0.277 e. The maximum Gasteiger partial charge on any atom is 0.277 e. The largest absolute Gasteiger partial charge is 0.397 e. The lowest BCUT2D eigenvalue weighted by atomic mass is 10.1. The number of rotatable bonds is 11. The van der Waals surface area contributed by atoms with E-state index in [1.165, 1.54) is 30.3 Å². The molecule has 4 N–H and O–H groups in total. The van der Waals surface area contributed by atoms with Gasteiger partial charge in [-0.25, -0.2) is 32.4 Å². The van der Waals surface area contributed by atoms with Gasteiger partial charge in [-0.3, -0.25) is 0 Å². The molecule has 36 heavy (non-hydrogen) atoms. The molecular formula is C25H27F5N4O2. The van der Waals surface area contributed by atoms with Crippen LogP contribution in [0.4, 0.5) is 27.6 Å². The molecule has 0 bridgehead atoms. The minimum atomic E-state index is -3.02. The van der Waals surface area contributed by atoms with Crippen LogP contribution in [0, 0.1) is 5.82 Å². The highest BCUT2D eigenvalue weighted by Crippen LogP contribution is 2.26. The first-order valence-electron chi connectivity index (χ1n) is 11.1. The summed E-state index contributed by atoms with van der Waals surface area (Å²) in [6.07, 6.45) is -5.53. The first-order valence-corrected chi connectivity index (χ1v) is 11.1. The van der Waals surface area contributed by atoms with Crippen molar-refractivity contribution in [1.29, 1.82) is 0 Å². The van der Waals surface area contributed by atoms with E-state index in [4.69, 9.17) is 10.5 Å². The molecule has 2 atom stereocenters. The normalized spacial score (nSPS) is 17.8. The Kier molecular flexibility index (Phi) is 9.57. The zero-order valence-electron chi connectivity index (χ0n) is 19.4. The first-order chi connectivity index (χ1) is 17.1. The van der Waals surface area contributed by atoms with Gasteiger partial charge in [-0.15, -0.1) is 0 Å². The van der Waals surface area contributed by atoms with Crippen LogP contribution in [-0.4, -0.2) is 47.9 Å². The van der Waals surface area contributed by atoms with Gasteiger partial charge in [0.25, 0.3) is 6.43 Å². The molecule has 0 aliphatic carbocycles. The second kappa shape index (κ2) is 12.6. The van der Waals surface area contributed by atoms with Crippen molar-refractivity contribution in [2.45, 2.75) is 44.6 Å². The zero-order valence-corrected chi connectivity index (χ0v) is 19.4. The van der Waals surface area contributed by atoms with Crippen molar-refractivity contribution in [3.8, 4) is 0 Å². The molecule has 1 heterocycles. The molecule has 0 radical (unpaired) electrons. The molecule has 0 saturated heterocycles. The average molecular weight is 511 g/mol. The van der Waals surface area contributed by atoms with Gasteiger partial charge in [-0.05, 0) is 35.9 Å². The number of allylic oxidation sites excluding steroid dienone is 1. The predicted molar refractivity (Wildman–Crippen MR) is 126 cm³/mol. The molecular weight excluding hydrogens is 483 g/mol. The fraction of sp³-hybridized carbons (Fsp3) is 0.320. The van der Waals surface area contributed by atoms with Gasteiger partial charge in [-0.1, -0.05) is 30.3 Å². The van der Waals surface area contributed by atoms with Crippen LogP contribution in [0.15, 0.2) is 77.1 Å². The predicted octanol–water partition coefficient (Wildman–Crippen LogP) is 4.44. The molecule has 1 aliphatic rings. The molecule has 194 valence electrons. The number of nitrogens with zero attached hydrogens (tertiary/aromatic N) is 2. The Hall–Kier alpha value is -3.28. The number of aliphatic imine (C=N–C) groups is 1.